The van der Waals surface area contributed by atoms with Crippen LogP contribution in [0.3, 0.4) is 0 Å². The lowest BCUT2D eigenvalue weighted by Crippen LogP contribution is -2.65. The van der Waals surface area contributed by atoms with Crippen LogP contribution in [0.15, 0.2) is 121 Å². The van der Waals surface area contributed by atoms with Crippen molar-refractivity contribution in [1.29, 1.82) is 0 Å². The van der Waals surface area contributed by atoms with E-state index in [1.165, 1.54) is 0 Å². The number of aliphatic hydroxyl groups is 1. The smallest absolute Gasteiger partial charge is 0.254 e. The molecule has 1 aliphatic heterocycles. The molecule has 6 nitrogen and oxygen atoms in total. The van der Waals surface area contributed by atoms with Crippen LogP contribution in [0.1, 0.15) is 22.3 Å². The summed E-state index contributed by atoms with van der Waals surface area (Å²) in [6.45, 7) is 1.48. The zero-order valence-electron chi connectivity index (χ0n) is 22.8. The standard InChI is InChI=1S/C34H35BrO6/c35-34(36)33(40-24-29-19-11-4-12-20-29)32(39-23-28-17-9-3-10-18-28)31(38-22-27-15-7-2-8-16-27)30(41-34)25-37-21-26-13-5-1-6-14-26/h1-20,30-33,36H,21-25H2/t30-,31-,32+,33-,34-/m1/s1. The Morgan fingerprint density at radius 3 is 1.41 bits per heavy atom. The summed E-state index contributed by atoms with van der Waals surface area (Å²) in [5.74, 6) is 0. The quantitative estimate of drug-likeness (QED) is 0.175. The maximum atomic E-state index is 11.5. The molecule has 0 spiro atoms. The van der Waals surface area contributed by atoms with Crippen LogP contribution in [0.2, 0.25) is 0 Å². The van der Waals surface area contributed by atoms with Gasteiger partial charge in [0.05, 0.1) is 33.0 Å². The fraction of sp³-hybridized carbons (Fsp3) is 0.294. The molecule has 214 valence electrons. The molecule has 0 bridgehead atoms. The summed E-state index contributed by atoms with van der Waals surface area (Å²) >= 11 is 3.42. The van der Waals surface area contributed by atoms with Gasteiger partial charge in [0, 0.05) is 0 Å². The Kier molecular flexibility index (Phi) is 10.7. The van der Waals surface area contributed by atoms with Crippen LogP contribution in [0.4, 0.5) is 0 Å². The van der Waals surface area contributed by atoms with Crippen molar-refractivity contribution < 1.29 is 28.8 Å². The van der Waals surface area contributed by atoms with Crippen LogP contribution in [-0.4, -0.2) is 40.8 Å². The third kappa shape index (κ3) is 8.56. The van der Waals surface area contributed by atoms with Crippen LogP contribution >= 0.6 is 15.9 Å². The first-order valence-electron chi connectivity index (χ1n) is 13.8. The summed E-state index contributed by atoms with van der Waals surface area (Å²) in [5.41, 5.74) is 4.02. The van der Waals surface area contributed by atoms with Crippen molar-refractivity contribution in [2.24, 2.45) is 0 Å². The third-order valence-corrected chi connectivity index (χ3v) is 7.53. The van der Waals surface area contributed by atoms with Crippen LogP contribution in [0.5, 0.6) is 0 Å². The van der Waals surface area contributed by atoms with Crippen LogP contribution in [0.25, 0.3) is 0 Å². The lowest BCUT2D eigenvalue weighted by atomic mass is 9.97. The van der Waals surface area contributed by atoms with Gasteiger partial charge in [0.25, 0.3) is 4.70 Å². The second-order valence-corrected chi connectivity index (χ2v) is 11.1. The number of ether oxygens (including phenoxy) is 5. The van der Waals surface area contributed by atoms with Crippen molar-refractivity contribution >= 4 is 15.9 Å². The van der Waals surface area contributed by atoms with Gasteiger partial charge in [0.2, 0.25) is 0 Å². The van der Waals surface area contributed by atoms with Gasteiger partial charge in [-0.1, -0.05) is 121 Å². The number of rotatable bonds is 13. The highest BCUT2D eigenvalue weighted by Gasteiger charge is 2.55. The second kappa shape index (κ2) is 14.8. The summed E-state index contributed by atoms with van der Waals surface area (Å²) < 4.78 is 29.8. The molecule has 1 saturated heterocycles. The number of hydrogen-bond acceptors (Lipinski definition) is 6. The van der Waals surface area contributed by atoms with Gasteiger partial charge in [-0.25, -0.2) is 0 Å². The van der Waals surface area contributed by atoms with Gasteiger partial charge < -0.3 is 28.8 Å². The van der Waals surface area contributed by atoms with Gasteiger partial charge in [-0.3, -0.25) is 0 Å². The zero-order valence-corrected chi connectivity index (χ0v) is 24.3. The molecule has 4 aromatic rings. The van der Waals surface area contributed by atoms with E-state index in [-0.39, 0.29) is 13.2 Å². The van der Waals surface area contributed by atoms with Gasteiger partial charge in [-0.05, 0) is 38.2 Å². The number of hydrogen-bond donors (Lipinski definition) is 1. The molecule has 0 radical (unpaired) electrons. The van der Waals surface area contributed by atoms with Crippen LogP contribution < -0.4 is 0 Å². The van der Waals surface area contributed by atoms with Crippen molar-refractivity contribution in [2.45, 2.75) is 55.5 Å². The van der Waals surface area contributed by atoms with E-state index in [1.807, 2.05) is 121 Å². The number of alkyl halides is 1. The highest BCUT2D eigenvalue weighted by Crippen LogP contribution is 2.39. The fourth-order valence-corrected chi connectivity index (χ4v) is 5.44. The normalized spacial score (nSPS) is 24.2. The minimum Gasteiger partial charge on any atom is -0.374 e. The predicted molar refractivity (Wildman–Crippen MR) is 160 cm³/mol. The topological polar surface area (TPSA) is 66.4 Å². The van der Waals surface area contributed by atoms with E-state index in [9.17, 15) is 5.11 Å². The molecular formula is C34H35BrO6. The third-order valence-electron chi connectivity index (χ3n) is 6.89. The first-order valence-corrected chi connectivity index (χ1v) is 14.5. The Morgan fingerprint density at radius 1 is 0.561 bits per heavy atom. The highest BCUT2D eigenvalue weighted by atomic mass is 79.9. The molecule has 1 N–H and O–H groups in total. The first kappa shape index (κ1) is 29.6. The van der Waals surface area contributed by atoms with Crippen molar-refractivity contribution in [2.75, 3.05) is 6.61 Å². The summed E-state index contributed by atoms with van der Waals surface area (Å²) in [6.07, 6.45) is -2.85. The fourth-order valence-electron chi connectivity index (χ4n) is 4.80. The minimum absolute atomic E-state index is 0.179. The summed E-state index contributed by atoms with van der Waals surface area (Å²) in [6, 6.07) is 39.6. The zero-order chi connectivity index (χ0) is 28.3. The lowest BCUT2D eigenvalue weighted by molar-refractivity contribution is -0.330. The average molecular weight is 620 g/mol. The Balaban J connectivity index is 1.39. The van der Waals surface area contributed by atoms with Gasteiger partial charge in [0.15, 0.2) is 6.10 Å². The molecule has 1 heterocycles. The summed E-state index contributed by atoms with van der Waals surface area (Å²) in [5, 5.41) is 11.5. The van der Waals surface area contributed by atoms with E-state index in [2.05, 4.69) is 15.9 Å². The summed E-state index contributed by atoms with van der Waals surface area (Å²) in [4.78, 5) is 0. The Labute approximate surface area is 249 Å². The van der Waals surface area contributed by atoms with Gasteiger partial charge in [-0.2, -0.15) is 0 Å². The molecule has 5 rings (SSSR count). The molecule has 4 aromatic carbocycles. The molecule has 7 heteroatoms. The molecule has 0 unspecified atom stereocenters. The van der Waals surface area contributed by atoms with Crippen molar-refractivity contribution in [3.8, 4) is 0 Å². The highest BCUT2D eigenvalue weighted by molar-refractivity contribution is 9.10. The largest absolute Gasteiger partial charge is 0.374 e. The van der Waals surface area contributed by atoms with E-state index in [0.717, 1.165) is 22.3 Å². The van der Waals surface area contributed by atoms with E-state index >= 15 is 0 Å². The van der Waals surface area contributed by atoms with Crippen molar-refractivity contribution in [3.63, 3.8) is 0 Å². The monoisotopic (exact) mass is 618 g/mol. The van der Waals surface area contributed by atoms with Gasteiger partial charge in [-0.15, -0.1) is 0 Å². The molecule has 1 fully saturated rings. The van der Waals surface area contributed by atoms with Crippen LogP contribution in [0, 0.1) is 0 Å². The molecule has 1 aliphatic rings. The van der Waals surface area contributed by atoms with E-state index in [0.29, 0.717) is 19.8 Å². The Morgan fingerprint density at radius 2 is 0.951 bits per heavy atom. The number of benzene rings is 4. The maximum absolute atomic E-state index is 11.5. The minimum atomic E-state index is -1.84. The maximum Gasteiger partial charge on any atom is 0.254 e. The molecular weight excluding hydrogens is 584 g/mol. The predicted octanol–water partition coefficient (Wildman–Crippen LogP) is 6.40. The Bertz CT molecular complexity index is 1290. The van der Waals surface area contributed by atoms with Gasteiger partial charge >= 0.3 is 0 Å². The molecule has 0 aromatic heterocycles. The van der Waals surface area contributed by atoms with Gasteiger partial charge in [0.1, 0.15) is 18.3 Å². The van der Waals surface area contributed by atoms with E-state index in [4.69, 9.17) is 23.7 Å². The average Bonchev–Trinajstić information content (AvgIpc) is 3.01. The molecule has 0 saturated carbocycles. The first-order chi connectivity index (χ1) is 20.1. The van der Waals surface area contributed by atoms with Crippen molar-refractivity contribution in [1.82, 2.24) is 0 Å². The Hall–Kier alpha value is -2.88. The SMILES string of the molecule is O[C@@]1(Br)O[C@H](COCc2ccccc2)[C@@H](OCc2ccccc2)[C@H](OCc2ccccc2)[C@H]1OCc1ccccc1. The molecule has 0 aliphatic carbocycles. The van der Waals surface area contributed by atoms with Crippen LogP contribution in [-0.2, 0) is 50.1 Å². The number of halogens is 1. The molecule has 5 atom stereocenters. The lowest BCUT2D eigenvalue weighted by Gasteiger charge is -2.48. The molecule has 41 heavy (non-hydrogen) atoms. The molecule has 0 amide bonds. The van der Waals surface area contributed by atoms with E-state index < -0.39 is 29.1 Å². The second-order valence-electron chi connectivity index (χ2n) is 10.0. The summed E-state index contributed by atoms with van der Waals surface area (Å²) in [7, 11) is 0. The van der Waals surface area contributed by atoms with Crippen molar-refractivity contribution in [3.05, 3.63) is 144 Å². The van der Waals surface area contributed by atoms with E-state index in [1.54, 1.807) is 0 Å².